The van der Waals surface area contributed by atoms with E-state index in [1.165, 1.54) is 17.7 Å². The van der Waals surface area contributed by atoms with Crippen molar-refractivity contribution < 1.29 is 9.84 Å². The van der Waals surface area contributed by atoms with Crippen molar-refractivity contribution in [2.45, 2.75) is 76.5 Å². The molecule has 0 amide bonds. The minimum Gasteiger partial charge on any atom is -0.393 e. The number of ether oxygens (including phenoxy) is 1. The van der Waals surface area contributed by atoms with Gasteiger partial charge in [0.25, 0.3) is 0 Å². The standard InChI is InChI=1S/C26H36N6O2/c1-17-4-5-19(10-17)14-31-15-21(12-28-31)23-11-24(20-6-8-22(33)9-7-20)32-25(23)13-27-26(30-32)29-18(2)16-34-3/h11-13,15,18-20,22,33H,1,4-10,14,16H2,2-3H3,(H,29,30)/t18-,19-,20?,22?/m0/s1. The van der Waals surface area contributed by atoms with E-state index in [0.717, 1.165) is 61.7 Å². The quantitative estimate of drug-likeness (QED) is 0.480. The Morgan fingerprint density at radius 1 is 1.24 bits per heavy atom. The van der Waals surface area contributed by atoms with Crippen molar-refractivity contribution in [1.82, 2.24) is 24.4 Å². The van der Waals surface area contributed by atoms with E-state index in [4.69, 9.17) is 9.84 Å². The number of methoxy groups -OCH3 is 1. The van der Waals surface area contributed by atoms with Gasteiger partial charge in [0.05, 0.1) is 30.6 Å². The van der Waals surface area contributed by atoms with Gasteiger partial charge in [0.1, 0.15) is 0 Å². The van der Waals surface area contributed by atoms with Gasteiger partial charge < -0.3 is 15.2 Å². The lowest BCUT2D eigenvalue weighted by molar-refractivity contribution is 0.121. The molecule has 8 nitrogen and oxygen atoms in total. The molecular weight excluding hydrogens is 428 g/mol. The van der Waals surface area contributed by atoms with Crippen LogP contribution in [0.2, 0.25) is 0 Å². The Labute approximate surface area is 201 Å². The van der Waals surface area contributed by atoms with Crippen LogP contribution in [-0.4, -0.2) is 55.3 Å². The molecule has 0 radical (unpaired) electrons. The van der Waals surface area contributed by atoms with Crippen LogP contribution in [0.1, 0.15) is 63.5 Å². The first kappa shape index (κ1) is 23.1. The van der Waals surface area contributed by atoms with E-state index >= 15 is 0 Å². The molecule has 3 aromatic rings. The van der Waals surface area contributed by atoms with Crippen LogP contribution in [0.15, 0.2) is 36.8 Å². The zero-order valence-corrected chi connectivity index (χ0v) is 20.3. The molecule has 5 rings (SSSR count). The molecule has 0 aliphatic heterocycles. The van der Waals surface area contributed by atoms with Crippen molar-refractivity contribution in [2.24, 2.45) is 5.92 Å². The molecule has 34 heavy (non-hydrogen) atoms. The van der Waals surface area contributed by atoms with Gasteiger partial charge in [-0.3, -0.25) is 4.68 Å². The number of nitrogens with one attached hydrogen (secondary N) is 1. The zero-order valence-electron chi connectivity index (χ0n) is 20.3. The summed E-state index contributed by atoms with van der Waals surface area (Å²) in [6, 6.07) is 2.36. The molecule has 3 aromatic heterocycles. The first-order valence-corrected chi connectivity index (χ1v) is 12.5. The summed E-state index contributed by atoms with van der Waals surface area (Å²) in [7, 11) is 1.69. The number of nitrogens with zero attached hydrogens (tertiary/aromatic N) is 5. The van der Waals surface area contributed by atoms with Crippen LogP contribution in [0.5, 0.6) is 0 Å². The average molecular weight is 465 g/mol. The number of allylic oxidation sites excluding steroid dienone is 1. The highest BCUT2D eigenvalue weighted by molar-refractivity contribution is 5.81. The summed E-state index contributed by atoms with van der Waals surface area (Å²) in [5.41, 5.74) is 5.73. The van der Waals surface area contributed by atoms with Crippen molar-refractivity contribution in [1.29, 1.82) is 0 Å². The van der Waals surface area contributed by atoms with Crippen LogP contribution >= 0.6 is 0 Å². The number of hydrogen-bond donors (Lipinski definition) is 2. The van der Waals surface area contributed by atoms with Crippen molar-refractivity contribution >= 4 is 11.5 Å². The van der Waals surface area contributed by atoms with Crippen LogP contribution in [0.4, 0.5) is 5.95 Å². The Balaban J connectivity index is 1.47. The van der Waals surface area contributed by atoms with Crippen LogP contribution in [0, 0.1) is 5.92 Å². The Bertz CT molecular complexity index is 1140. The summed E-state index contributed by atoms with van der Waals surface area (Å²) in [6.07, 6.45) is 12.9. The van der Waals surface area contributed by atoms with Crippen LogP contribution in [0.3, 0.4) is 0 Å². The molecule has 3 heterocycles. The SMILES string of the molecule is C=C1CC[C@H](Cn2cc(-c3cc(C4CCC(O)CC4)n4nc(N[C@@H](C)COC)ncc34)cn2)C1. The highest BCUT2D eigenvalue weighted by atomic mass is 16.5. The first-order valence-electron chi connectivity index (χ1n) is 12.5. The molecule has 0 bridgehead atoms. The smallest absolute Gasteiger partial charge is 0.241 e. The second-order valence-corrected chi connectivity index (χ2v) is 10.2. The summed E-state index contributed by atoms with van der Waals surface area (Å²) in [4.78, 5) is 4.61. The third-order valence-corrected chi connectivity index (χ3v) is 7.32. The molecule has 2 saturated carbocycles. The van der Waals surface area contributed by atoms with Gasteiger partial charge in [-0.05, 0) is 63.9 Å². The Kier molecular flexibility index (Phi) is 6.70. The molecule has 0 saturated heterocycles. The van der Waals surface area contributed by atoms with Gasteiger partial charge in [0.2, 0.25) is 5.95 Å². The lowest BCUT2D eigenvalue weighted by Gasteiger charge is -2.25. The van der Waals surface area contributed by atoms with E-state index in [0.29, 0.717) is 24.4 Å². The van der Waals surface area contributed by atoms with Gasteiger partial charge in [-0.25, -0.2) is 9.50 Å². The lowest BCUT2D eigenvalue weighted by atomic mass is 9.85. The van der Waals surface area contributed by atoms with E-state index in [1.54, 1.807) is 7.11 Å². The van der Waals surface area contributed by atoms with Crippen molar-refractivity contribution in [3.8, 4) is 11.1 Å². The molecule has 2 atom stereocenters. The number of anilines is 1. The highest BCUT2D eigenvalue weighted by Crippen LogP contribution is 2.38. The third kappa shape index (κ3) is 4.88. The van der Waals surface area contributed by atoms with E-state index in [-0.39, 0.29) is 12.1 Å². The number of fused-ring (bicyclic) bond motifs is 1. The summed E-state index contributed by atoms with van der Waals surface area (Å²) in [5.74, 6) is 1.58. The van der Waals surface area contributed by atoms with Gasteiger partial charge in [0.15, 0.2) is 0 Å². The molecular formula is C26H36N6O2. The fraction of sp³-hybridized carbons (Fsp3) is 0.577. The maximum atomic E-state index is 10.0. The zero-order chi connectivity index (χ0) is 23.7. The molecule has 182 valence electrons. The third-order valence-electron chi connectivity index (χ3n) is 7.32. The fourth-order valence-corrected chi connectivity index (χ4v) is 5.53. The molecule has 0 spiro atoms. The lowest BCUT2D eigenvalue weighted by Crippen LogP contribution is -2.23. The van der Waals surface area contributed by atoms with Crippen molar-refractivity contribution in [3.05, 3.63) is 42.5 Å². The molecule has 0 unspecified atom stereocenters. The fourth-order valence-electron chi connectivity index (χ4n) is 5.53. The summed E-state index contributed by atoms with van der Waals surface area (Å²) in [5, 5.41) is 22.9. The van der Waals surface area contributed by atoms with Crippen LogP contribution in [-0.2, 0) is 11.3 Å². The number of aliphatic hydroxyl groups excluding tert-OH is 1. The summed E-state index contributed by atoms with van der Waals surface area (Å²) in [6.45, 7) is 7.71. The minimum atomic E-state index is -0.186. The molecule has 2 fully saturated rings. The number of aliphatic hydroxyl groups is 1. The largest absolute Gasteiger partial charge is 0.393 e. The second kappa shape index (κ2) is 9.88. The maximum absolute atomic E-state index is 10.0. The van der Waals surface area contributed by atoms with Crippen molar-refractivity contribution in [2.75, 3.05) is 19.0 Å². The van der Waals surface area contributed by atoms with Gasteiger partial charge in [-0.15, -0.1) is 5.10 Å². The number of hydrogen-bond acceptors (Lipinski definition) is 6. The summed E-state index contributed by atoms with van der Waals surface area (Å²) >= 11 is 0. The number of rotatable bonds is 8. The molecule has 8 heteroatoms. The highest BCUT2D eigenvalue weighted by Gasteiger charge is 2.26. The van der Waals surface area contributed by atoms with Gasteiger partial charge in [0, 0.05) is 48.6 Å². The van der Waals surface area contributed by atoms with Gasteiger partial charge in [-0.2, -0.15) is 5.10 Å². The van der Waals surface area contributed by atoms with Crippen LogP contribution < -0.4 is 5.32 Å². The predicted octanol–water partition coefficient (Wildman–Crippen LogP) is 4.41. The van der Waals surface area contributed by atoms with Gasteiger partial charge in [-0.1, -0.05) is 12.2 Å². The average Bonchev–Trinajstić information content (AvgIpc) is 3.53. The van der Waals surface area contributed by atoms with E-state index in [9.17, 15) is 5.11 Å². The summed E-state index contributed by atoms with van der Waals surface area (Å²) < 4.78 is 9.37. The molecule has 0 aromatic carbocycles. The first-order chi connectivity index (χ1) is 16.5. The van der Waals surface area contributed by atoms with E-state index < -0.39 is 0 Å². The molecule has 2 aliphatic rings. The second-order valence-electron chi connectivity index (χ2n) is 10.2. The van der Waals surface area contributed by atoms with E-state index in [2.05, 4.69) is 45.8 Å². The topological polar surface area (TPSA) is 89.5 Å². The normalized spacial score (nSPS) is 24.1. The monoisotopic (exact) mass is 464 g/mol. The Hall–Kier alpha value is -2.71. The van der Waals surface area contributed by atoms with Crippen molar-refractivity contribution in [3.63, 3.8) is 0 Å². The minimum absolute atomic E-state index is 0.107. The van der Waals surface area contributed by atoms with E-state index in [1.807, 2.05) is 16.9 Å². The Morgan fingerprint density at radius 3 is 2.79 bits per heavy atom. The van der Waals surface area contributed by atoms with Crippen LogP contribution in [0.25, 0.3) is 16.6 Å². The molecule has 2 N–H and O–H groups in total. The maximum Gasteiger partial charge on any atom is 0.241 e. The van der Waals surface area contributed by atoms with Gasteiger partial charge >= 0.3 is 0 Å². The number of aromatic nitrogens is 5. The Morgan fingerprint density at radius 2 is 2.06 bits per heavy atom. The predicted molar refractivity (Wildman–Crippen MR) is 133 cm³/mol. The molecule has 2 aliphatic carbocycles.